The standard InChI is InChI=1S/C15H21NO7S.Na/c1-2-3-4-5-6-7-8-15(17)23-14-10-9-12(24(20,21)22)11-13(14)16(18)19;/h9-11H,2-8H2,1H3,(H,20,21,22);/q;+1/p-1. The van der Waals surface area contributed by atoms with E-state index in [4.69, 9.17) is 4.74 Å². The molecule has 0 bridgehead atoms. The second-order valence-electron chi connectivity index (χ2n) is 5.33. The van der Waals surface area contributed by atoms with Crippen molar-refractivity contribution in [3.63, 3.8) is 0 Å². The molecule has 0 spiro atoms. The van der Waals surface area contributed by atoms with Gasteiger partial charge in [0.2, 0.25) is 5.75 Å². The van der Waals surface area contributed by atoms with Gasteiger partial charge in [0, 0.05) is 12.5 Å². The van der Waals surface area contributed by atoms with Crippen LogP contribution in [0.5, 0.6) is 5.75 Å². The molecule has 0 aliphatic carbocycles. The Morgan fingerprint density at radius 2 is 1.76 bits per heavy atom. The number of esters is 1. The van der Waals surface area contributed by atoms with Crippen LogP contribution in [-0.2, 0) is 14.9 Å². The van der Waals surface area contributed by atoms with Crippen molar-refractivity contribution >= 4 is 21.8 Å². The number of rotatable bonds is 10. The summed E-state index contributed by atoms with van der Waals surface area (Å²) in [6.45, 7) is 2.10. The Morgan fingerprint density at radius 3 is 2.32 bits per heavy atom. The molecule has 0 aliphatic heterocycles. The summed E-state index contributed by atoms with van der Waals surface area (Å²) in [7, 11) is -4.82. The average molecular weight is 381 g/mol. The van der Waals surface area contributed by atoms with Gasteiger partial charge in [-0.05, 0) is 18.6 Å². The number of hydrogen-bond donors (Lipinski definition) is 0. The van der Waals surface area contributed by atoms with Crippen LogP contribution in [0.15, 0.2) is 23.1 Å². The summed E-state index contributed by atoms with van der Waals surface area (Å²) < 4.78 is 37.6. The van der Waals surface area contributed by atoms with Crippen LogP contribution in [0.4, 0.5) is 5.69 Å². The topological polar surface area (TPSA) is 127 Å². The molecular weight excluding hydrogens is 361 g/mol. The zero-order chi connectivity index (χ0) is 18.2. The summed E-state index contributed by atoms with van der Waals surface area (Å²) in [6, 6.07) is 2.42. The van der Waals surface area contributed by atoms with Crippen LogP contribution in [0.25, 0.3) is 0 Å². The molecule has 0 fully saturated rings. The van der Waals surface area contributed by atoms with Crippen molar-refractivity contribution < 1.29 is 57.0 Å². The predicted molar refractivity (Wildman–Crippen MR) is 84.7 cm³/mol. The Balaban J connectivity index is 0.00000576. The fraction of sp³-hybridized carbons (Fsp3) is 0.533. The zero-order valence-corrected chi connectivity index (χ0v) is 17.2. The monoisotopic (exact) mass is 381 g/mol. The number of nitro benzene ring substituents is 1. The van der Waals surface area contributed by atoms with Gasteiger partial charge in [-0.2, -0.15) is 0 Å². The number of nitro groups is 1. The molecule has 0 N–H and O–H groups in total. The van der Waals surface area contributed by atoms with E-state index in [1.54, 1.807) is 0 Å². The molecule has 0 amide bonds. The van der Waals surface area contributed by atoms with E-state index in [-0.39, 0.29) is 41.7 Å². The average Bonchev–Trinajstić information content (AvgIpc) is 2.49. The molecule has 0 saturated carbocycles. The molecule has 1 rings (SSSR count). The maximum Gasteiger partial charge on any atom is 1.00 e. The molecule has 1 aromatic carbocycles. The fourth-order valence-corrected chi connectivity index (χ4v) is 2.60. The molecule has 8 nitrogen and oxygen atoms in total. The van der Waals surface area contributed by atoms with E-state index in [2.05, 4.69) is 6.92 Å². The minimum atomic E-state index is -4.82. The van der Waals surface area contributed by atoms with Gasteiger partial charge < -0.3 is 9.29 Å². The summed E-state index contributed by atoms with van der Waals surface area (Å²) in [5.74, 6) is -1.00. The van der Waals surface area contributed by atoms with Crippen LogP contribution in [0.2, 0.25) is 0 Å². The van der Waals surface area contributed by atoms with Crippen LogP contribution in [0.3, 0.4) is 0 Å². The molecule has 0 unspecified atom stereocenters. The van der Waals surface area contributed by atoms with Crippen LogP contribution in [0.1, 0.15) is 51.9 Å². The number of carbonyl (C=O) groups excluding carboxylic acids is 1. The van der Waals surface area contributed by atoms with Crippen LogP contribution in [-0.4, -0.2) is 23.9 Å². The van der Waals surface area contributed by atoms with E-state index in [0.717, 1.165) is 44.2 Å². The number of ether oxygens (including phenoxy) is 1. The van der Waals surface area contributed by atoms with Gasteiger partial charge in [-0.25, -0.2) is 8.42 Å². The third-order valence-electron chi connectivity index (χ3n) is 3.37. The van der Waals surface area contributed by atoms with Gasteiger partial charge in [0.1, 0.15) is 10.1 Å². The number of benzene rings is 1. The van der Waals surface area contributed by atoms with E-state index in [0.29, 0.717) is 12.5 Å². The van der Waals surface area contributed by atoms with Crippen LogP contribution < -0.4 is 34.3 Å². The Hall–Kier alpha value is -1.000. The predicted octanol–water partition coefficient (Wildman–Crippen LogP) is 0.159. The third kappa shape index (κ3) is 8.77. The van der Waals surface area contributed by atoms with E-state index in [1.807, 2.05) is 0 Å². The van der Waals surface area contributed by atoms with Crippen molar-refractivity contribution in [1.82, 2.24) is 0 Å². The van der Waals surface area contributed by atoms with Crippen LogP contribution >= 0.6 is 0 Å². The molecule has 0 heterocycles. The first kappa shape index (κ1) is 24.0. The molecule has 0 aromatic heterocycles. The number of hydrogen-bond acceptors (Lipinski definition) is 7. The minimum Gasteiger partial charge on any atom is -0.744 e. The quantitative estimate of drug-likeness (QED) is 0.107. The first-order valence-electron chi connectivity index (χ1n) is 7.70. The summed E-state index contributed by atoms with van der Waals surface area (Å²) >= 11 is 0. The third-order valence-corrected chi connectivity index (χ3v) is 4.21. The number of unbranched alkanes of at least 4 members (excludes halogenated alkanes) is 5. The summed E-state index contributed by atoms with van der Waals surface area (Å²) in [5.41, 5.74) is -0.733. The Morgan fingerprint density at radius 1 is 1.16 bits per heavy atom. The van der Waals surface area contributed by atoms with Crippen molar-refractivity contribution in [2.24, 2.45) is 0 Å². The molecule has 0 saturated heterocycles. The van der Waals surface area contributed by atoms with Crippen molar-refractivity contribution in [1.29, 1.82) is 0 Å². The van der Waals surface area contributed by atoms with Gasteiger partial charge in [0.15, 0.2) is 0 Å². The second-order valence-corrected chi connectivity index (χ2v) is 6.71. The molecule has 1 aromatic rings. The van der Waals surface area contributed by atoms with Gasteiger partial charge in [-0.15, -0.1) is 0 Å². The van der Waals surface area contributed by atoms with Crippen molar-refractivity contribution in [3.05, 3.63) is 28.3 Å². The van der Waals surface area contributed by atoms with Crippen molar-refractivity contribution in [2.75, 3.05) is 0 Å². The van der Waals surface area contributed by atoms with E-state index < -0.39 is 31.6 Å². The molecule has 0 atom stereocenters. The van der Waals surface area contributed by atoms with Gasteiger partial charge in [-0.1, -0.05) is 39.0 Å². The maximum atomic E-state index is 11.7. The molecule has 25 heavy (non-hydrogen) atoms. The van der Waals surface area contributed by atoms with Crippen molar-refractivity contribution in [3.8, 4) is 5.75 Å². The van der Waals surface area contributed by atoms with E-state index >= 15 is 0 Å². The number of carbonyl (C=O) groups is 1. The first-order chi connectivity index (χ1) is 11.3. The molecule has 0 radical (unpaired) electrons. The molecule has 0 aliphatic rings. The normalized spacial score (nSPS) is 10.8. The van der Waals surface area contributed by atoms with Gasteiger partial charge in [-0.3, -0.25) is 14.9 Å². The Kier molecular flexibility index (Phi) is 11.1. The Bertz CT molecular complexity index is 691. The Labute approximate surface area is 169 Å². The largest absolute Gasteiger partial charge is 1.00 e. The smallest absolute Gasteiger partial charge is 0.744 e. The maximum absolute atomic E-state index is 11.7. The van der Waals surface area contributed by atoms with Gasteiger partial charge in [0.25, 0.3) is 0 Å². The van der Waals surface area contributed by atoms with Gasteiger partial charge in [0.05, 0.1) is 9.82 Å². The summed E-state index contributed by atoms with van der Waals surface area (Å²) in [4.78, 5) is 21.0. The molecule has 10 heteroatoms. The SMILES string of the molecule is CCCCCCCCC(=O)Oc1ccc(S(=O)(=O)[O-])cc1[N+](=O)[O-].[Na+]. The zero-order valence-electron chi connectivity index (χ0n) is 14.4. The van der Waals surface area contributed by atoms with Gasteiger partial charge >= 0.3 is 41.2 Å². The number of nitrogens with zero attached hydrogens (tertiary/aromatic N) is 1. The van der Waals surface area contributed by atoms with Crippen molar-refractivity contribution in [2.45, 2.75) is 56.8 Å². The second kappa shape index (κ2) is 11.6. The summed E-state index contributed by atoms with van der Waals surface area (Å²) in [5, 5.41) is 11.0. The first-order valence-corrected chi connectivity index (χ1v) is 9.11. The van der Waals surface area contributed by atoms with E-state index in [9.17, 15) is 27.9 Å². The fourth-order valence-electron chi connectivity index (χ4n) is 2.11. The van der Waals surface area contributed by atoms with Crippen LogP contribution in [0, 0.1) is 10.1 Å². The minimum absolute atomic E-state index is 0. The van der Waals surface area contributed by atoms with E-state index in [1.165, 1.54) is 0 Å². The molecule has 134 valence electrons. The summed E-state index contributed by atoms with van der Waals surface area (Å²) in [6.07, 6.45) is 5.98. The molecular formula is C15H20NNaO7S.